The van der Waals surface area contributed by atoms with Crippen molar-refractivity contribution in [2.75, 3.05) is 24.3 Å². The number of ether oxygens (including phenoxy) is 1. The number of rotatable bonds is 2. The van der Waals surface area contributed by atoms with Gasteiger partial charge in [0.2, 0.25) is 5.91 Å². The molecule has 0 fully saturated rings. The number of hydrogen-bond acceptors (Lipinski definition) is 3. The molecule has 0 aliphatic carbocycles. The number of methoxy groups -OCH3 is 1. The first-order valence-electron chi connectivity index (χ1n) is 5.47. The van der Waals surface area contributed by atoms with Crippen LogP contribution < -0.4 is 15.4 Å². The Morgan fingerprint density at radius 3 is 2.94 bits per heavy atom. The molecule has 1 atom stereocenters. The van der Waals surface area contributed by atoms with Crippen LogP contribution in [-0.4, -0.2) is 19.6 Å². The number of hydrogen-bond donors (Lipinski definition) is 2. The lowest BCUT2D eigenvalue weighted by Crippen LogP contribution is -2.24. The molecular formula is C12H16N2O2. The number of carbonyl (C=O) groups is 1. The zero-order chi connectivity index (χ0) is 11.5. The maximum Gasteiger partial charge on any atom is 0.229 e. The summed E-state index contributed by atoms with van der Waals surface area (Å²) in [5, 5.41) is 6.19. The Morgan fingerprint density at radius 2 is 2.25 bits per heavy atom. The van der Waals surface area contributed by atoms with E-state index in [4.69, 9.17) is 4.74 Å². The van der Waals surface area contributed by atoms with Crippen molar-refractivity contribution in [3.63, 3.8) is 0 Å². The maximum atomic E-state index is 11.8. The van der Waals surface area contributed by atoms with Gasteiger partial charge in [-0.05, 0) is 18.6 Å². The summed E-state index contributed by atoms with van der Waals surface area (Å²) >= 11 is 0. The molecule has 1 aliphatic heterocycles. The Balaban J connectivity index is 2.29. The first-order chi connectivity index (χ1) is 7.74. The predicted octanol–water partition coefficient (Wildman–Crippen LogP) is 2.09. The van der Waals surface area contributed by atoms with Gasteiger partial charge in [0.1, 0.15) is 5.75 Å². The van der Waals surface area contributed by atoms with Gasteiger partial charge < -0.3 is 15.4 Å². The van der Waals surface area contributed by atoms with Crippen LogP contribution in [0.25, 0.3) is 0 Å². The topological polar surface area (TPSA) is 50.4 Å². The summed E-state index contributed by atoms with van der Waals surface area (Å²) in [4.78, 5) is 11.8. The molecule has 86 valence electrons. The van der Waals surface area contributed by atoms with E-state index in [1.807, 2.05) is 25.1 Å². The quantitative estimate of drug-likeness (QED) is 0.802. The van der Waals surface area contributed by atoms with E-state index in [9.17, 15) is 4.79 Å². The Labute approximate surface area is 95.0 Å². The smallest absolute Gasteiger partial charge is 0.229 e. The molecule has 0 bridgehead atoms. The molecular weight excluding hydrogens is 204 g/mol. The van der Waals surface area contributed by atoms with E-state index < -0.39 is 0 Å². The monoisotopic (exact) mass is 220 g/mol. The van der Waals surface area contributed by atoms with E-state index in [0.717, 1.165) is 23.5 Å². The Morgan fingerprint density at radius 1 is 1.44 bits per heavy atom. The molecule has 1 unspecified atom stereocenters. The average molecular weight is 220 g/mol. The van der Waals surface area contributed by atoms with Gasteiger partial charge in [-0.1, -0.05) is 6.92 Å². The van der Waals surface area contributed by atoms with Crippen LogP contribution in [-0.2, 0) is 4.79 Å². The Kier molecular flexibility index (Phi) is 2.99. The van der Waals surface area contributed by atoms with E-state index in [0.29, 0.717) is 6.54 Å². The minimum atomic E-state index is 0.0263. The molecule has 1 aromatic rings. The highest BCUT2D eigenvalue weighted by Crippen LogP contribution is 2.29. The highest BCUT2D eigenvalue weighted by Gasteiger charge is 2.21. The second-order valence-electron chi connectivity index (χ2n) is 3.89. The lowest BCUT2D eigenvalue weighted by atomic mass is 10.1. The molecule has 0 saturated carbocycles. The maximum absolute atomic E-state index is 11.8. The average Bonchev–Trinajstić information content (AvgIpc) is 2.46. The fourth-order valence-corrected chi connectivity index (χ4v) is 1.80. The number of benzene rings is 1. The Bertz CT molecular complexity index is 404. The molecule has 4 heteroatoms. The molecule has 2 N–H and O–H groups in total. The van der Waals surface area contributed by atoms with E-state index in [1.165, 1.54) is 0 Å². The van der Waals surface area contributed by atoms with Crippen LogP contribution >= 0.6 is 0 Å². The molecule has 0 spiro atoms. The van der Waals surface area contributed by atoms with Crippen LogP contribution in [0.3, 0.4) is 0 Å². The van der Waals surface area contributed by atoms with Crippen LogP contribution in [0, 0.1) is 5.92 Å². The Hall–Kier alpha value is -1.71. The summed E-state index contributed by atoms with van der Waals surface area (Å²) in [5.41, 5.74) is 1.74. The molecule has 1 heterocycles. The number of carbonyl (C=O) groups excluding carboxylic acids is 1. The van der Waals surface area contributed by atoms with Gasteiger partial charge in [0.15, 0.2) is 0 Å². The summed E-state index contributed by atoms with van der Waals surface area (Å²) in [5.74, 6) is 0.896. The van der Waals surface area contributed by atoms with Gasteiger partial charge in [-0.15, -0.1) is 0 Å². The molecule has 1 aliphatic rings. The third kappa shape index (κ3) is 1.96. The van der Waals surface area contributed by atoms with Crippen LogP contribution in [0.15, 0.2) is 18.2 Å². The summed E-state index contributed by atoms with van der Waals surface area (Å²) in [6.07, 6.45) is 0.837. The van der Waals surface area contributed by atoms with Crippen molar-refractivity contribution in [3.05, 3.63) is 18.2 Å². The second-order valence-corrected chi connectivity index (χ2v) is 3.89. The summed E-state index contributed by atoms with van der Waals surface area (Å²) < 4.78 is 5.15. The van der Waals surface area contributed by atoms with Crippen molar-refractivity contribution in [1.29, 1.82) is 0 Å². The first-order valence-corrected chi connectivity index (χ1v) is 5.47. The van der Waals surface area contributed by atoms with Crippen LogP contribution in [0.5, 0.6) is 5.75 Å². The van der Waals surface area contributed by atoms with Gasteiger partial charge in [0.25, 0.3) is 0 Å². The van der Waals surface area contributed by atoms with Gasteiger partial charge in [-0.3, -0.25) is 4.79 Å². The summed E-state index contributed by atoms with van der Waals surface area (Å²) in [7, 11) is 1.63. The van der Waals surface area contributed by atoms with Crippen molar-refractivity contribution in [2.45, 2.75) is 13.3 Å². The fraction of sp³-hybridized carbons (Fsp3) is 0.417. The van der Waals surface area contributed by atoms with E-state index >= 15 is 0 Å². The minimum Gasteiger partial charge on any atom is -0.497 e. The third-order valence-corrected chi connectivity index (χ3v) is 2.89. The van der Waals surface area contributed by atoms with Gasteiger partial charge in [0.05, 0.1) is 24.4 Å². The zero-order valence-corrected chi connectivity index (χ0v) is 9.54. The second kappa shape index (κ2) is 4.43. The molecule has 0 radical (unpaired) electrons. The van der Waals surface area contributed by atoms with Crippen molar-refractivity contribution in [1.82, 2.24) is 0 Å². The van der Waals surface area contributed by atoms with Gasteiger partial charge in [-0.2, -0.15) is 0 Å². The van der Waals surface area contributed by atoms with Crippen molar-refractivity contribution >= 4 is 17.3 Å². The molecule has 4 nitrogen and oxygen atoms in total. The summed E-state index contributed by atoms with van der Waals surface area (Å²) in [6, 6.07) is 5.60. The highest BCUT2D eigenvalue weighted by atomic mass is 16.5. The van der Waals surface area contributed by atoms with Crippen molar-refractivity contribution in [3.8, 4) is 5.75 Å². The summed E-state index contributed by atoms with van der Waals surface area (Å²) in [6.45, 7) is 2.69. The first kappa shape index (κ1) is 10.8. The molecule has 1 amide bonds. The van der Waals surface area contributed by atoms with Crippen LogP contribution in [0.1, 0.15) is 13.3 Å². The van der Waals surface area contributed by atoms with E-state index in [1.54, 1.807) is 7.11 Å². The normalized spacial score (nSPS) is 19.1. The third-order valence-electron chi connectivity index (χ3n) is 2.89. The molecule has 0 aromatic heterocycles. The number of anilines is 2. The number of fused-ring (bicyclic) bond motifs is 1. The van der Waals surface area contributed by atoms with Gasteiger partial charge >= 0.3 is 0 Å². The molecule has 16 heavy (non-hydrogen) atoms. The van der Waals surface area contributed by atoms with Gasteiger partial charge in [-0.25, -0.2) is 0 Å². The van der Waals surface area contributed by atoms with Crippen LogP contribution in [0.4, 0.5) is 11.4 Å². The highest BCUT2D eigenvalue weighted by molar-refractivity contribution is 5.97. The van der Waals surface area contributed by atoms with Crippen molar-refractivity contribution < 1.29 is 9.53 Å². The standard InChI is InChI=1S/C12H16N2O2/c1-3-8-7-13-11-6-9(16-2)4-5-10(11)14-12(8)15/h4-6,8,13H,3,7H2,1-2H3,(H,14,15). The fourth-order valence-electron chi connectivity index (χ4n) is 1.80. The SMILES string of the molecule is CCC1CNc2cc(OC)ccc2NC1=O. The van der Waals surface area contributed by atoms with E-state index in [-0.39, 0.29) is 11.8 Å². The lowest BCUT2D eigenvalue weighted by molar-refractivity contribution is -0.119. The molecule has 1 aromatic carbocycles. The van der Waals surface area contributed by atoms with Gasteiger partial charge in [0, 0.05) is 12.6 Å². The lowest BCUT2D eigenvalue weighted by Gasteiger charge is -2.09. The number of amides is 1. The largest absolute Gasteiger partial charge is 0.497 e. The molecule has 2 rings (SSSR count). The van der Waals surface area contributed by atoms with Crippen molar-refractivity contribution in [2.24, 2.45) is 5.92 Å². The van der Waals surface area contributed by atoms with E-state index in [2.05, 4.69) is 10.6 Å². The number of nitrogens with one attached hydrogen (secondary N) is 2. The zero-order valence-electron chi connectivity index (χ0n) is 9.54. The van der Waals surface area contributed by atoms with Crippen LogP contribution in [0.2, 0.25) is 0 Å². The minimum absolute atomic E-state index is 0.0263. The molecule has 0 saturated heterocycles. The predicted molar refractivity (Wildman–Crippen MR) is 63.9 cm³/mol.